The van der Waals surface area contributed by atoms with Gasteiger partial charge >= 0.3 is 6.09 Å². The Labute approximate surface area is 106 Å². The number of aryl methyl sites for hydroxylation is 1. The Kier molecular flexibility index (Phi) is 3.50. The van der Waals surface area contributed by atoms with Crippen LogP contribution in [0, 0.1) is 6.92 Å². The van der Waals surface area contributed by atoms with Crippen LogP contribution in [0.1, 0.15) is 12.0 Å². The van der Waals surface area contributed by atoms with Crippen molar-refractivity contribution in [3.8, 4) is 0 Å². The number of carbonyl (C=O) groups excluding carboxylic acids is 2. The van der Waals surface area contributed by atoms with E-state index in [1.165, 1.54) is 7.11 Å². The number of ether oxygens (including phenoxy) is 1. The molecule has 0 spiro atoms. The molecule has 2 rings (SSSR count). The maximum absolute atomic E-state index is 11.9. The Morgan fingerprint density at radius 2 is 2.06 bits per heavy atom. The molecule has 96 valence electrons. The van der Waals surface area contributed by atoms with E-state index in [-0.39, 0.29) is 11.9 Å². The average molecular weight is 248 g/mol. The number of rotatable bonds is 2. The summed E-state index contributed by atoms with van der Waals surface area (Å²) >= 11 is 0. The fourth-order valence-corrected chi connectivity index (χ4v) is 2.00. The molecule has 2 amide bonds. The third-order valence-electron chi connectivity index (χ3n) is 2.98. The third kappa shape index (κ3) is 2.61. The maximum atomic E-state index is 11.9. The fourth-order valence-electron chi connectivity index (χ4n) is 2.00. The van der Waals surface area contributed by atoms with Crippen LogP contribution < -0.4 is 10.2 Å². The molecular formula is C13H16N2O3. The van der Waals surface area contributed by atoms with E-state index in [9.17, 15) is 9.59 Å². The van der Waals surface area contributed by atoms with Crippen LogP contribution in [0.2, 0.25) is 0 Å². The Morgan fingerprint density at radius 3 is 2.67 bits per heavy atom. The lowest BCUT2D eigenvalue weighted by molar-refractivity contribution is -0.117. The van der Waals surface area contributed by atoms with Crippen molar-refractivity contribution in [3.63, 3.8) is 0 Å². The lowest BCUT2D eigenvalue weighted by Crippen LogP contribution is -2.37. The molecule has 0 radical (unpaired) electrons. The van der Waals surface area contributed by atoms with Gasteiger partial charge in [0.15, 0.2) is 0 Å². The summed E-state index contributed by atoms with van der Waals surface area (Å²) in [5.74, 6) is 0.0141. The monoisotopic (exact) mass is 248 g/mol. The highest BCUT2D eigenvalue weighted by molar-refractivity contribution is 5.96. The molecule has 1 saturated heterocycles. The van der Waals surface area contributed by atoms with Crippen molar-refractivity contribution < 1.29 is 14.3 Å². The van der Waals surface area contributed by atoms with Gasteiger partial charge in [0.1, 0.15) is 0 Å². The zero-order valence-electron chi connectivity index (χ0n) is 10.5. The normalized spacial score (nSPS) is 18.9. The largest absolute Gasteiger partial charge is 0.453 e. The number of alkyl carbamates (subject to hydrolysis) is 1. The predicted octanol–water partition coefficient (Wildman–Crippen LogP) is 1.46. The van der Waals surface area contributed by atoms with Gasteiger partial charge in [0.2, 0.25) is 5.91 Å². The molecule has 18 heavy (non-hydrogen) atoms. The summed E-state index contributed by atoms with van der Waals surface area (Å²) in [5.41, 5.74) is 2.01. The second kappa shape index (κ2) is 5.08. The zero-order valence-corrected chi connectivity index (χ0v) is 10.5. The van der Waals surface area contributed by atoms with Crippen molar-refractivity contribution in [3.05, 3.63) is 29.8 Å². The van der Waals surface area contributed by atoms with E-state index in [0.717, 1.165) is 11.3 Å². The summed E-state index contributed by atoms with van der Waals surface area (Å²) < 4.78 is 4.52. The molecule has 1 fully saturated rings. The van der Waals surface area contributed by atoms with Gasteiger partial charge in [-0.2, -0.15) is 0 Å². The maximum Gasteiger partial charge on any atom is 0.407 e. The standard InChI is InChI=1S/C13H16N2O3/c1-9-3-5-11(6-4-9)15-8-10(7-12(15)16)14-13(17)18-2/h3-6,10H,7-8H2,1-2H3,(H,14,17). The number of hydrogen-bond acceptors (Lipinski definition) is 3. The van der Waals surface area contributed by atoms with E-state index in [1.54, 1.807) is 4.90 Å². The highest BCUT2D eigenvalue weighted by Gasteiger charge is 2.31. The summed E-state index contributed by atoms with van der Waals surface area (Å²) in [4.78, 5) is 24.7. The van der Waals surface area contributed by atoms with Crippen LogP contribution in [-0.4, -0.2) is 31.7 Å². The molecule has 1 atom stereocenters. The van der Waals surface area contributed by atoms with E-state index < -0.39 is 6.09 Å². The van der Waals surface area contributed by atoms with Crippen molar-refractivity contribution in [1.82, 2.24) is 5.32 Å². The van der Waals surface area contributed by atoms with Gasteiger partial charge in [-0.05, 0) is 19.1 Å². The number of amides is 2. The smallest absolute Gasteiger partial charge is 0.407 e. The van der Waals surface area contributed by atoms with Gasteiger partial charge in [0.05, 0.1) is 13.2 Å². The highest BCUT2D eigenvalue weighted by atomic mass is 16.5. The number of methoxy groups -OCH3 is 1. The molecule has 0 aliphatic carbocycles. The average Bonchev–Trinajstić information content (AvgIpc) is 2.71. The van der Waals surface area contributed by atoms with Crippen molar-refractivity contribution in [2.45, 2.75) is 19.4 Å². The van der Waals surface area contributed by atoms with Gasteiger partial charge in [-0.25, -0.2) is 4.79 Å². The number of hydrogen-bond donors (Lipinski definition) is 1. The lowest BCUT2D eigenvalue weighted by atomic mass is 10.2. The number of benzene rings is 1. The van der Waals surface area contributed by atoms with Crippen LogP contribution in [0.3, 0.4) is 0 Å². The Balaban J connectivity index is 2.05. The molecule has 1 aromatic carbocycles. The first-order chi connectivity index (χ1) is 8.60. The highest BCUT2D eigenvalue weighted by Crippen LogP contribution is 2.21. The van der Waals surface area contributed by atoms with E-state index in [4.69, 9.17) is 0 Å². The summed E-state index contributed by atoms with van der Waals surface area (Å²) in [6.45, 7) is 2.48. The van der Waals surface area contributed by atoms with Crippen molar-refractivity contribution in [2.75, 3.05) is 18.6 Å². The van der Waals surface area contributed by atoms with E-state index in [1.807, 2.05) is 31.2 Å². The van der Waals surface area contributed by atoms with Gasteiger partial charge in [-0.15, -0.1) is 0 Å². The first-order valence-corrected chi connectivity index (χ1v) is 5.81. The van der Waals surface area contributed by atoms with Gasteiger partial charge < -0.3 is 15.0 Å². The first-order valence-electron chi connectivity index (χ1n) is 5.81. The predicted molar refractivity (Wildman–Crippen MR) is 67.5 cm³/mol. The molecule has 5 nitrogen and oxygen atoms in total. The number of anilines is 1. The van der Waals surface area contributed by atoms with Crippen LogP contribution >= 0.6 is 0 Å². The van der Waals surface area contributed by atoms with Crippen LogP contribution in [0.4, 0.5) is 10.5 Å². The Hall–Kier alpha value is -2.04. The van der Waals surface area contributed by atoms with Crippen molar-refractivity contribution in [1.29, 1.82) is 0 Å². The molecule has 1 aromatic rings. The topological polar surface area (TPSA) is 58.6 Å². The summed E-state index contributed by atoms with van der Waals surface area (Å²) in [6.07, 6.45) is -0.193. The van der Waals surface area contributed by atoms with Crippen molar-refractivity contribution >= 4 is 17.7 Å². The molecule has 1 unspecified atom stereocenters. The quantitative estimate of drug-likeness (QED) is 0.862. The Morgan fingerprint density at radius 1 is 1.39 bits per heavy atom. The fraction of sp³-hybridized carbons (Fsp3) is 0.385. The molecular weight excluding hydrogens is 232 g/mol. The minimum absolute atomic E-state index is 0.0141. The summed E-state index contributed by atoms with van der Waals surface area (Å²) in [7, 11) is 1.31. The minimum atomic E-state index is -0.501. The second-order valence-corrected chi connectivity index (χ2v) is 4.38. The first kappa shape index (κ1) is 12.4. The van der Waals surface area contributed by atoms with E-state index in [2.05, 4.69) is 10.1 Å². The van der Waals surface area contributed by atoms with Crippen LogP contribution in [0.5, 0.6) is 0 Å². The van der Waals surface area contributed by atoms with E-state index in [0.29, 0.717) is 13.0 Å². The van der Waals surface area contributed by atoms with Crippen LogP contribution in [-0.2, 0) is 9.53 Å². The van der Waals surface area contributed by atoms with Gasteiger partial charge in [0.25, 0.3) is 0 Å². The molecule has 1 N–H and O–H groups in total. The van der Waals surface area contributed by atoms with Crippen LogP contribution in [0.25, 0.3) is 0 Å². The molecule has 5 heteroatoms. The van der Waals surface area contributed by atoms with Crippen molar-refractivity contribution in [2.24, 2.45) is 0 Å². The molecule has 1 aliphatic rings. The number of nitrogens with zero attached hydrogens (tertiary/aromatic N) is 1. The SMILES string of the molecule is COC(=O)NC1CC(=O)N(c2ccc(C)cc2)C1. The minimum Gasteiger partial charge on any atom is -0.453 e. The van der Waals surface area contributed by atoms with Gasteiger partial charge in [0, 0.05) is 18.7 Å². The summed E-state index contributed by atoms with van der Waals surface area (Å²) in [5, 5.41) is 2.65. The zero-order chi connectivity index (χ0) is 13.1. The molecule has 0 aromatic heterocycles. The second-order valence-electron chi connectivity index (χ2n) is 4.38. The number of carbonyl (C=O) groups is 2. The van der Waals surface area contributed by atoms with E-state index >= 15 is 0 Å². The summed E-state index contributed by atoms with van der Waals surface area (Å²) in [6, 6.07) is 7.56. The molecule has 1 heterocycles. The molecule has 0 bridgehead atoms. The number of nitrogens with one attached hydrogen (secondary N) is 1. The Bertz CT molecular complexity index is 456. The molecule has 1 aliphatic heterocycles. The lowest BCUT2D eigenvalue weighted by Gasteiger charge is -2.17. The third-order valence-corrected chi connectivity index (χ3v) is 2.98. The van der Waals surface area contributed by atoms with Gasteiger partial charge in [-0.3, -0.25) is 4.79 Å². The van der Waals surface area contributed by atoms with Gasteiger partial charge in [-0.1, -0.05) is 17.7 Å². The van der Waals surface area contributed by atoms with Crippen LogP contribution in [0.15, 0.2) is 24.3 Å². The molecule has 0 saturated carbocycles.